The summed E-state index contributed by atoms with van der Waals surface area (Å²) in [4.78, 5) is 8.52. The van der Waals surface area contributed by atoms with Crippen LogP contribution in [0.1, 0.15) is 5.56 Å². The van der Waals surface area contributed by atoms with Crippen molar-refractivity contribution in [2.75, 3.05) is 10.6 Å². The minimum Gasteiger partial charge on any atom is -0.350 e. The molecule has 0 atom stereocenters. The first-order chi connectivity index (χ1) is 11.2. The molecule has 1 aromatic heterocycles. The van der Waals surface area contributed by atoms with Gasteiger partial charge < -0.3 is 10.6 Å². The predicted molar refractivity (Wildman–Crippen MR) is 93.2 cm³/mol. The van der Waals surface area contributed by atoms with E-state index in [0.717, 1.165) is 10.2 Å². The molecule has 1 heterocycles. The van der Waals surface area contributed by atoms with Crippen LogP contribution in [0.3, 0.4) is 0 Å². The lowest BCUT2D eigenvalue weighted by molar-refractivity contribution is 0.612. The number of hydrogen-bond donors (Lipinski definition) is 2. The minimum atomic E-state index is -0.247. The molecule has 0 saturated carbocycles. The van der Waals surface area contributed by atoms with Crippen molar-refractivity contribution >= 4 is 33.4 Å². The smallest absolute Gasteiger partial charge is 0.224 e. The lowest BCUT2D eigenvalue weighted by atomic mass is 10.2. The van der Waals surface area contributed by atoms with Crippen LogP contribution in [0.2, 0.25) is 0 Å². The van der Waals surface area contributed by atoms with E-state index in [1.165, 1.54) is 6.07 Å². The van der Waals surface area contributed by atoms with Crippen molar-refractivity contribution in [3.63, 3.8) is 0 Å². The lowest BCUT2D eigenvalue weighted by Gasteiger charge is -2.09. The van der Waals surface area contributed by atoms with Gasteiger partial charge >= 0.3 is 0 Å². The van der Waals surface area contributed by atoms with E-state index in [9.17, 15) is 4.39 Å². The van der Waals surface area contributed by atoms with Crippen LogP contribution in [-0.4, -0.2) is 9.97 Å². The zero-order chi connectivity index (χ0) is 16.1. The van der Waals surface area contributed by atoms with Crippen LogP contribution in [0, 0.1) is 5.82 Å². The topological polar surface area (TPSA) is 49.8 Å². The van der Waals surface area contributed by atoms with Crippen LogP contribution in [-0.2, 0) is 6.54 Å². The monoisotopic (exact) mass is 372 g/mol. The Morgan fingerprint density at radius 2 is 1.91 bits per heavy atom. The third-order valence-corrected chi connectivity index (χ3v) is 3.64. The average molecular weight is 373 g/mol. The number of benzene rings is 2. The third kappa shape index (κ3) is 4.26. The molecular weight excluding hydrogens is 359 g/mol. The molecular formula is C17H14BrFN4. The van der Waals surface area contributed by atoms with E-state index in [-0.39, 0.29) is 5.82 Å². The Balaban J connectivity index is 1.69. The molecule has 0 unspecified atom stereocenters. The molecule has 6 heteroatoms. The first-order valence-corrected chi connectivity index (χ1v) is 7.83. The average Bonchev–Trinajstić information content (AvgIpc) is 2.54. The van der Waals surface area contributed by atoms with Gasteiger partial charge in [-0.05, 0) is 30.3 Å². The fraction of sp³-hybridized carbons (Fsp3) is 0.0588. The standard InChI is InChI=1S/C17H14BrFN4/c18-13-5-3-6-14(10-13)22-16-8-9-20-17(23-16)21-11-12-4-1-2-7-15(12)19/h1-10H,11H2,(H2,20,21,22,23). The van der Waals surface area contributed by atoms with E-state index in [4.69, 9.17) is 0 Å². The summed E-state index contributed by atoms with van der Waals surface area (Å²) in [6, 6.07) is 16.2. The molecule has 0 aliphatic carbocycles. The molecule has 0 fully saturated rings. The third-order valence-electron chi connectivity index (χ3n) is 3.15. The van der Waals surface area contributed by atoms with Gasteiger partial charge in [-0.2, -0.15) is 4.98 Å². The number of aromatic nitrogens is 2. The number of rotatable bonds is 5. The molecule has 3 aromatic rings. The maximum absolute atomic E-state index is 13.6. The summed E-state index contributed by atoms with van der Waals surface area (Å²) < 4.78 is 14.6. The van der Waals surface area contributed by atoms with Gasteiger partial charge in [0.25, 0.3) is 0 Å². The molecule has 0 spiro atoms. The van der Waals surface area contributed by atoms with Crippen LogP contribution in [0.4, 0.5) is 21.8 Å². The first kappa shape index (κ1) is 15.4. The summed E-state index contributed by atoms with van der Waals surface area (Å²) in [5.74, 6) is 0.853. The quantitative estimate of drug-likeness (QED) is 0.679. The van der Waals surface area contributed by atoms with Crippen molar-refractivity contribution < 1.29 is 4.39 Å². The molecule has 0 aliphatic heterocycles. The highest BCUT2D eigenvalue weighted by atomic mass is 79.9. The molecule has 4 nitrogen and oxygen atoms in total. The maximum atomic E-state index is 13.6. The molecule has 2 N–H and O–H groups in total. The number of hydrogen-bond acceptors (Lipinski definition) is 4. The summed E-state index contributed by atoms with van der Waals surface area (Å²) in [7, 11) is 0. The molecule has 3 rings (SSSR count). The Kier molecular flexibility index (Phi) is 4.83. The highest BCUT2D eigenvalue weighted by molar-refractivity contribution is 9.10. The van der Waals surface area contributed by atoms with E-state index in [2.05, 4.69) is 36.5 Å². The van der Waals surface area contributed by atoms with E-state index in [1.807, 2.05) is 24.3 Å². The normalized spacial score (nSPS) is 10.3. The molecule has 0 bridgehead atoms. The molecule has 0 radical (unpaired) electrons. The van der Waals surface area contributed by atoms with Crippen LogP contribution in [0.15, 0.2) is 65.3 Å². The molecule has 0 saturated heterocycles. The molecule has 116 valence electrons. The Hall–Kier alpha value is -2.47. The second-order valence-electron chi connectivity index (χ2n) is 4.85. The van der Waals surface area contributed by atoms with E-state index in [0.29, 0.717) is 23.9 Å². The van der Waals surface area contributed by atoms with E-state index in [1.54, 1.807) is 30.5 Å². The largest absolute Gasteiger partial charge is 0.350 e. The Morgan fingerprint density at radius 1 is 1.04 bits per heavy atom. The molecule has 0 amide bonds. The molecule has 2 aromatic carbocycles. The van der Waals surface area contributed by atoms with Gasteiger partial charge in [0, 0.05) is 28.5 Å². The summed E-state index contributed by atoms with van der Waals surface area (Å²) in [5, 5.41) is 6.23. The maximum Gasteiger partial charge on any atom is 0.224 e. The van der Waals surface area contributed by atoms with Crippen molar-refractivity contribution in [2.24, 2.45) is 0 Å². The van der Waals surface area contributed by atoms with Gasteiger partial charge in [-0.3, -0.25) is 0 Å². The Morgan fingerprint density at radius 3 is 2.74 bits per heavy atom. The summed E-state index contributed by atoms with van der Waals surface area (Å²) in [5.41, 5.74) is 1.49. The first-order valence-electron chi connectivity index (χ1n) is 7.03. The van der Waals surface area contributed by atoms with Crippen LogP contribution < -0.4 is 10.6 Å². The van der Waals surface area contributed by atoms with Gasteiger partial charge in [-0.1, -0.05) is 40.2 Å². The van der Waals surface area contributed by atoms with Crippen LogP contribution >= 0.6 is 15.9 Å². The SMILES string of the molecule is Fc1ccccc1CNc1nccc(Nc2cccc(Br)c2)n1. The molecule has 0 aliphatic rings. The minimum absolute atomic E-state index is 0.247. The predicted octanol–water partition coefficient (Wildman–Crippen LogP) is 4.73. The number of nitrogens with one attached hydrogen (secondary N) is 2. The lowest BCUT2D eigenvalue weighted by Crippen LogP contribution is -2.06. The van der Waals surface area contributed by atoms with Gasteiger partial charge in [-0.15, -0.1) is 0 Å². The number of nitrogens with zero attached hydrogens (tertiary/aromatic N) is 2. The highest BCUT2D eigenvalue weighted by Gasteiger charge is 2.03. The Labute approximate surface area is 141 Å². The fourth-order valence-corrected chi connectivity index (χ4v) is 2.44. The van der Waals surface area contributed by atoms with Crippen molar-refractivity contribution in [2.45, 2.75) is 6.54 Å². The van der Waals surface area contributed by atoms with Crippen molar-refractivity contribution in [3.8, 4) is 0 Å². The summed E-state index contributed by atoms with van der Waals surface area (Å²) in [6.45, 7) is 0.326. The second kappa shape index (κ2) is 7.19. The molecule has 23 heavy (non-hydrogen) atoms. The van der Waals surface area contributed by atoms with Crippen LogP contribution in [0.5, 0.6) is 0 Å². The second-order valence-corrected chi connectivity index (χ2v) is 5.76. The summed E-state index contributed by atoms with van der Waals surface area (Å²) >= 11 is 3.43. The fourth-order valence-electron chi connectivity index (χ4n) is 2.04. The van der Waals surface area contributed by atoms with Gasteiger partial charge in [-0.25, -0.2) is 9.37 Å². The van der Waals surface area contributed by atoms with Gasteiger partial charge in [0.15, 0.2) is 0 Å². The summed E-state index contributed by atoms with van der Waals surface area (Å²) in [6.07, 6.45) is 1.65. The number of halogens is 2. The zero-order valence-corrected chi connectivity index (χ0v) is 13.7. The van der Waals surface area contributed by atoms with Crippen molar-refractivity contribution in [1.82, 2.24) is 9.97 Å². The van der Waals surface area contributed by atoms with Gasteiger partial charge in [0.1, 0.15) is 11.6 Å². The number of anilines is 3. The van der Waals surface area contributed by atoms with E-state index < -0.39 is 0 Å². The van der Waals surface area contributed by atoms with Gasteiger partial charge in [0.05, 0.1) is 0 Å². The van der Waals surface area contributed by atoms with Gasteiger partial charge in [0.2, 0.25) is 5.95 Å². The zero-order valence-electron chi connectivity index (χ0n) is 12.1. The Bertz CT molecular complexity index is 810. The highest BCUT2D eigenvalue weighted by Crippen LogP contribution is 2.19. The van der Waals surface area contributed by atoms with E-state index >= 15 is 0 Å². The van der Waals surface area contributed by atoms with Crippen molar-refractivity contribution in [3.05, 3.63) is 76.6 Å². The van der Waals surface area contributed by atoms with Crippen LogP contribution in [0.25, 0.3) is 0 Å². The van der Waals surface area contributed by atoms with Crippen molar-refractivity contribution in [1.29, 1.82) is 0 Å².